The lowest BCUT2D eigenvalue weighted by Gasteiger charge is -2.36. The van der Waals surface area contributed by atoms with Crippen molar-refractivity contribution >= 4 is 0 Å². The number of hydrogen-bond acceptors (Lipinski definition) is 0. The van der Waals surface area contributed by atoms with Gasteiger partial charge in [-0.15, -0.1) is 0 Å². The van der Waals surface area contributed by atoms with Crippen molar-refractivity contribution in [2.24, 2.45) is 35.5 Å². The summed E-state index contributed by atoms with van der Waals surface area (Å²) in [6.45, 7) is 2.32. The third-order valence-electron chi connectivity index (χ3n) is 7.25. The first kappa shape index (κ1) is 20.9. The number of rotatable bonds is 1. The van der Waals surface area contributed by atoms with Crippen LogP contribution in [0.15, 0.2) is 0 Å². The fraction of sp³-hybridized carbons (Fsp3) is 0.909. The van der Waals surface area contributed by atoms with Gasteiger partial charge in [0.25, 0.3) is 0 Å². The highest BCUT2D eigenvalue weighted by atomic mass is 19.4. The number of alkyl halides is 5. The van der Waals surface area contributed by atoms with Gasteiger partial charge in [0.15, 0.2) is 0 Å². The first-order valence-electron chi connectivity index (χ1n) is 10.6. The van der Waals surface area contributed by atoms with Crippen LogP contribution < -0.4 is 0 Å². The Kier molecular flexibility index (Phi) is 6.75. The summed E-state index contributed by atoms with van der Waals surface area (Å²) in [6, 6.07) is 0. The Morgan fingerprint density at radius 2 is 1.22 bits per heavy atom. The number of hydrogen-bond donors (Lipinski definition) is 0. The lowest BCUT2D eigenvalue weighted by atomic mass is 9.69. The van der Waals surface area contributed by atoms with E-state index in [0.717, 1.165) is 43.4 Å². The molecular weight excluding hydrogens is 359 g/mol. The summed E-state index contributed by atoms with van der Waals surface area (Å²) < 4.78 is 66.2. The lowest BCUT2D eigenvalue weighted by molar-refractivity contribution is -0.208. The Hall–Kier alpha value is -0.790. The summed E-state index contributed by atoms with van der Waals surface area (Å²) in [5.41, 5.74) is 0. The molecular formula is C22H31F5. The molecule has 4 unspecified atom stereocenters. The molecule has 0 nitrogen and oxygen atoms in total. The van der Waals surface area contributed by atoms with Gasteiger partial charge in [-0.2, -0.15) is 13.2 Å². The highest BCUT2D eigenvalue weighted by Gasteiger charge is 2.52. The maximum atomic E-state index is 14.1. The van der Waals surface area contributed by atoms with Crippen molar-refractivity contribution in [3.8, 4) is 11.8 Å². The molecule has 27 heavy (non-hydrogen) atoms. The molecule has 0 amide bonds. The molecule has 0 bridgehead atoms. The molecule has 4 atom stereocenters. The molecule has 0 aromatic rings. The maximum absolute atomic E-state index is 14.1. The highest BCUT2D eigenvalue weighted by Crippen LogP contribution is 2.43. The Labute approximate surface area is 159 Å². The maximum Gasteiger partial charge on any atom is 0.394 e. The predicted octanol–water partition coefficient (Wildman–Crippen LogP) is 6.89. The molecule has 3 aliphatic rings. The van der Waals surface area contributed by atoms with E-state index in [4.69, 9.17) is 0 Å². The van der Waals surface area contributed by atoms with E-state index in [1.54, 1.807) is 0 Å². The van der Waals surface area contributed by atoms with Gasteiger partial charge in [0, 0.05) is 5.92 Å². The van der Waals surface area contributed by atoms with E-state index in [2.05, 4.69) is 18.8 Å². The van der Waals surface area contributed by atoms with E-state index in [9.17, 15) is 22.0 Å². The SMILES string of the molecule is CC1CCC(C2CCC(C#CC3CCC(C(F)(F)F)C(F)C3F)CC2)CC1. The third kappa shape index (κ3) is 5.18. The second kappa shape index (κ2) is 8.70. The molecule has 3 saturated carbocycles. The van der Waals surface area contributed by atoms with Gasteiger partial charge in [-0.25, -0.2) is 8.78 Å². The Morgan fingerprint density at radius 1 is 0.667 bits per heavy atom. The van der Waals surface area contributed by atoms with Gasteiger partial charge in [0.2, 0.25) is 0 Å². The van der Waals surface area contributed by atoms with Gasteiger partial charge in [-0.1, -0.05) is 31.6 Å². The zero-order valence-corrected chi connectivity index (χ0v) is 16.1. The van der Waals surface area contributed by atoms with Crippen molar-refractivity contribution in [1.82, 2.24) is 0 Å². The average Bonchev–Trinajstić information content (AvgIpc) is 2.63. The van der Waals surface area contributed by atoms with E-state index < -0.39 is 30.4 Å². The molecule has 3 fully saturated rings. The molecule has 0 radical (unpaired) electrons. The van der Waals surface area contributed by atoms with Gasteiger partial charge < -0.3 is 0 Å². The van der Waals surface area contributed by atoms with E-state index in [1.807, 2.05) is 0 Å². The highest BCUT2D eigenvalue weighted by molar-refractivity contribution is 5.12. The summed E-state index contributed by atoms with van der Waals surface area (Å²) in [7, 11) is 0. The monoisotopic (exact) mass is 390 g/mol. The fourth-order valence-electron chi connectivity index (χ4n) is 5.33. The number of halogens is 5. The van der Waals surface area contributed by atoms with Crippen molar-refractivity contribution < 1.29 is 22.0 Å². The smallest absolute Gasteiger partial charge is 0.244 e. The van der Waals surface area contributed by atoms with Crippen LogP contribution in [-0.4, -0.2) is 18.5 Å². The topological polar surface area (TPSA) is 0 Å². The largest absolute Gasteiger partial charge is 0.394 e. The summed E-state index contributed by atoms with van der Waals surface area (Å²) in [4.78, 5) is 0. The summed E-state index contributed by atoms with van der Waals surface area (Å²) in [5.74, 6) is 5.46. The minimum absolute atomic E-state index is 0.00559. The minimum atomic E-state index is -4.67. The van der Waals surface area contributed by atoms with Crippen molar-refractivity contribution in [1.29, 1.82) is 0 Å². The second-order valence-corrected chi connectivity index (χ2v) is 9.14. The summed E-state index contributed by atoms with van der Waals surface area (Å²) in [5, 5.41) is 0. The van der Waals surface area contributed by atoms with E-state index >= 15 is 0 Å². The quantitative estimate of drug-likeness (QED) is 0.338. The second-order valence-electron chi connectivity index (χ2n) is 9.14. The Bertz CT molecular complexity index is 529. The fourth-order valence-corrected chi connectivity index (χ4v) is 5.33. The first-order chi connectivity index (χ1) is 12.8. The lowest BCUT2D eigenvalue weighted by Crippen LogP contribution is -2.44. The molecule has 0 aliphatic heterocycles. The van der Waals surface area contributed by atoms with Gasteiger partial charge in [-0.05, 0) is 69.1 Å². The van der Waals surface area contributed by atoms with Crippen molar-refractivity contribution in [2.75, 3.05) is 0 Å². The van der Waals surface area contributed by atoms with Crippen LogP contribution in [0.3, 0.4) is 0 Å². The summed E-state index contributed by atoms with van der Waals surface area (Å²) in [6.07, 6.45) is -0.0914. The van der Waals surface area contributed by atoms with Crippen molar-refractivity contribution in [3.05, 3.63) is 0 Å². The molecule has 3 rings (SSSR count). The molecule has 0 heterocycles. The zero-order chi connectivity index (χ0) is 19.6. The molecule has 154 valence electrons. The molecule has 0 spiro atoms. The van der Waals surface area contributed by atoms with E-state index in [1.165, 1.54) is 25.7 Å². The zero-order valence-electron chi connectivity index (χ0n) is 16.1. The van der Waals surface area contributed by atoms with Crippen LogP contribution in [0.1, 0.15) is 71.1 Å². The Morgan fingerprint density at radius 3 is 1.78 bits per heavy atom. The average molecular weight is 390 g/mol. The van der Waals surface area contributed by atoms with Gasteiger partial charge in [0.05, 0.1) is 11.8 Å². The van der Waals surface area contributed by atoms with Crippen LogP contribution in [0.2, 0.25) is 0 Å². The van der Waals surface area contributed by atoms with Crippen LogP contribution in [0.25, 0.3) is 0 Å². The van der Waals surface area contributed by atoms with Crippen LogP contribution in [0.5, 0.6) is 0 Å². The molecule has 5 heteroatoms. The molecule has 0 saturated heterocycles. The Balaban J connectivity index is 1.48. The van der Waals surface area contributed by atoms with Crippen molar-refractivity contribution in [2.45, 2.75) is 89.7 Å². The third-order valence-corrected chi connectivity index (χ3v) is 7.25. The van der Waals surface area contributed by atoms with Gasteiger partial charge >= 0.3 is 6.18 Å². The standard InChI is InChI=1S/C22H31F5/c1-14-2-7-16(8-3-14)17-9-4-15(5-10-17)6-11-18-12-13-19(22(25,26)27)21(24)20(18)23/h14-21H,2-5,7-10,12-13H2,1H3. The predicted molar refractivity (Wildman–Crippen MR) is 96.4 cm³/mol. The molecule has 0 aromatic carbocycles. The van der Waals surface area contributed by atoms with Crippen LogP contribution in [-0.2, 0) is 0 Å². The van der Waals surface area contributed by atoms with Crippen LogP contribution in [0.4, 0.5) is 22.0 Å². The minimum Gasteiger partial charge on any atom is -0.244 e. The summed E-state index contributed by atoms with van der Waals surface area (Å²) >= 11 is 0. The van der Waals surface area contributed by atoms with Crippen LogP contribution in [0, 0.1) is 47.3 Å². The molecule has 0 aromatic heterocycles. The normalized spacial score (nSPS) is 43.6. The van der Waals surface area contributed by atoms with Crippen molar-refractivity contribution in [3.63, 3.8) is 0 Å². The van der Waals surface area contributed by atoms with Gasteiger partial charge in [0.1, 0.15) is 12.3 Å². The molecule has 3 aliphatic carbocycles. The first-order valence-corrected chi connectivity index (χ1v) is 10.6. The van der Waals surface area contributed by atoms with E-state index in [0.29, 0.717) is 0 Å². The molecule has 0 N–H and O–H groups in total. The van der Waals surface area contributed by atoms with Crippen LogP contribution >= 0.6 is 0 Å². The van der Waals surface area contributed by atoms with E-state index in [-0.39, 0.29) is 18.8 Å². The van der Waals surface area contributed by atoms with Gasteiger partial charge in [-0.3, -0.25) is 0 Å².